The van der Waals surface area contributed by atoms with Gasteiger partial charge in [0, 0.05) is 18.1 Å². The van der Waals surface area contributed by atoms with Crippen molar-refractivity contribution in [1.29, 1.82) is 0 Å². The predicted molar refractivity (Wildman–Crippen MR) is 135 cm³/mol. The molecule has 38 heavy (non-hydrogen) atoms. The number of carbonyl (C=O) groups is 5. The van der Waals surface area contributed by atoms with Crippen LogP contribution in [0.25, 0.3) is 0 Å². The van der Waals surface area contributed by atoms with E-state index >= 15 is 0 Å². The summed E-state index contributed by atoms with van der Waals surface area (Å²) in [6, 6.07) is 18.6. The van der Waals surface area contributed by atoms with Crippen LogP contribution in [0.15, 0.2) is 78.9 Å². The summed E-state index contributed by atoms with van der Waals surface area (Å²) in [7, 11) is 2.27. The summed E-state index contributed by atoms with van der Waals surface area (Å²) in [5.41, 5.74) is 4.33. The number of carbonyl (C=O) groups excluding carboxylic acids is 5. The number of hydrogen-bond donors (Lipinski definition) is 2. The van der Waals surface area contributed by atoms with Crippen molar-refractivity contribution < 1.29 is 38.2 Å². The van der Waals surface area contributed by atoms with Crippen molar-refractivity contribution in [3.8, 4) is 5.75 Å². The van der Waals surface area contributed by atoms with Crippen LogP contribution < -0.4 is 15.8 Å². The fraction of sp³-hybridized carbons (Fsp3) is 0.179. The maximum atomic E-state index is 13.7. The third-order valence-corrected chi connectivity index (χ3v) is 5.63. The van der Waals surface area contributed by atoms with Gasteiger partial charge >= 0.3 is 17.9 Å². The molecule has 0 aromatic heterocycles. The van der Waals surface area contributed by atoms with Crippen molar-refractivity contribution in [3.05, 3.63) is 101 Å². The molecule has 2 atom stereocenters. The monoisotopic (exact) mass is 518 g/mol. The molecule has 0 radical (unpaired) electrons. The Morgan fingerprint density at radius 3 is 1.95 bits per heavy atom. The van der Waals surface area contributed by atoms with Gasteiger partial charge in [-0.15, -0.1) is 0 Å². The number of Topliss-reactive ketones (excluding diaryl/α,β-unsaturated/α-hetero) is 1. The molecule has 3 rings (SSSR count). The largest absolute Gasteiger partial charge is 0.467 e. The average Bonchev–Trinajstić information content (AvgIpc) is 2.94. The summed E-state index contributed by atoms with van der Waals surface area (Å²) in [6.07, 6.45) is 0. The first-order valence-electron chi connectivity index (χ1n) is 11.4. The maximum Gasteiger partial charge on any atom is 0.338 e. The van der Waals surface area contributed by atoms with E-state index in [2.05, 4.69) is 5.32 Å². The van der Waals surface area contributed by atoms with Gasteiger partial charge in [0.2, 0.25) is 5.54 Å². The van der Waals surface area contributed by atoms with Crippen LogP contribution in [-0.2, 0) is 29.4 Å². The van der Waals surface area contributed by atoms with Crippen LogP contribution in [0.4, 0.5) is 0 Å². The molecule has 10 nitrogen and oxygen atoms in total. The Labute approximate surface area is 218 Å². The topological polar surface area (TPSA) is 151 Å². The normalized spacial score (nSPS) is 12.8. The number of benzene rings is 3. The lowest BCUT2D eigenvalue weighted by atomic mass is 9.83. The highest BCUT2D eigenvalue weighted by Crippen LogP contribution is 2.28. The molecule has 0 aliphatic carbocycles. The number of amides is 1. The fourth-order valence-corrected chi connectivity index (χ4v) is 3.77. The van der Waals surface area contributed by atoms with E-state index in [1.54, 1.807) is 48.5 Å². The van der Waals surface area contributed by atoms with Gasteiger partial charge in [-0.2, -0.15) is 0 Å². The van der Waals surface area contributed by atoms with E-state index in [4.69, 9.17) is 19.9 Å². The van der Waals surface area contributed by atoms with Gasteiger partial charge in [-0.3, -0.25) is 14.4 Å². The van der Waals surface area contributed by atoms with E-state index in [0.29, 0.717) is 5.56 Å². The molecule has 0 aliphatic heterocycles. The first-order valence-corrected chi connectivity index (χ1v) is 11.4. The van der Waals surface area contributed by atoms with Crippen LogP contribution in [0.5, 0.6) is 5.75 Å². The van der Waals surface area contributed by atoms with Crippen LogP contribution in [-0.4, -0.2) is 43.8 Å². The highest BCUT2D eigenvalue weighted by Gasteiger charge is 2.45. The van der Waals surface area contributed by atoms with E-state index < -0.39 is 41.2 Å². The van der Waals surface area contributed by atoms with Gasteiger partial charge < -0.3 is 25.3 Å². The first-order chi connectivity index (χ1) is 18.1. The summed E-state index contributed by atoms with van der Waals surface area (Å²) in [5.74, 6) is -4.32. The van der Waals surface area contributed by atoms with Crippen LogP contribution in [0.2, 0.25) is 0 Å². The van der Waals surface area contributed by atoms with Crippen molar-refractivity contribution in [2.24, 2.45) is 5.73 Å². The Balaban J connectivity index is 2.09. The zero-order chi connectivity index (χ0) is 27.9. The summed E-state index contributed by atoms with van der Waals surface area (Å²) < 4.78 is 14.8. The number of rotatable bonds is 9. The number of hydrogen-bond acceptors (Lipinski definition) is 9. The quantitative estimate of drug-likeness (QED) is 0.188. The van der Waals surface area contributed by atoms with Gasteiger partial charge in [0.15, 0.2) is 11.8 Å². The molecule has 0 heterocycles. The van der Waals surface area contributed by atoms with E-state index in [-0.39, 0.29) is 22.4 Å². The van der Waals surface area contributed by atoms with E-state index in [9.17, 15) is 24.0 Å². The third-order valence-electron chi connectivity index (χ3n) is 5.63. The van der Waals surface area contributed by atoms with Crippen molar-refractivity contribution in [2.75, 3.05) is 14.2 Å². The van der Waals surface area contributed by atoms with E-state index in [1.165, 1.54) is 37.4 Å². The third kappa shape index (κ3) is 5.93. The summed E-state index contributed by atoms with van der Waals surface area (Å²) in [4.78, 5) is 63.8. The molecule has 0 saturated carbocycles. The number of esters is 3. The second-order valence-corrected chi connectivity index (χ2v) is 8.17. The van der Waals surface area contributed by atoms with Gasteiger partial charge in [0.1, 0.15) is 5.75 Å². The lowest BCUT2D eigenvalue weighted by molar-refractivity contribution is -0.145. The van der Waals surface area contributed by atoms with Gasteiger partial charge in [-0.05, 0) is 29.3 Å². The molecule has 1 amide bonds. The van der Waals surface area contributed by atoms with Crippen molar-refractivity contribution in [3.63, 3.8) is 0 Å². The molecular weight excluding hydrogens is 492 g/mol. The van der Waals surface area contributed by atoms with Crippen molar-refractivity contribution >= 4 is 29.6 Å². The molecule has 3 aromatic rings. The zero-order valence-electron chi connectivity index (χ0n) is 20.9. The molecule has 0 spiro atoms. The Hall–Kier alpha value is -4.83. The number of nitrogens with one attached hydrogen (secondary N) is 1. The Morgan fingerprint density at radius 1 is 0.816 bits per heavy atom. The van der Waals surface area contributed by atoms with Gasteiger partial charge in [-0.1, -0.05) is 60.7 Å². The minimum atomic E-state index is -2.27. The number of ether oxygens (including phenoxy) is 3. The van der Waals surface area contributed by atoms with E-state index in [0.717, 1.165) is 14.0 Å². The first kappa shape index (κ1) is 27.8. The molecule has 2 unspecified atom stereocenters. The number of ketones is 1. The molecule has 0 aliphatic rings. The average molecular weight is 519 g/mol. The van der Waals surface area contributed by atoms with Crippen LogP contribution in [0, 0.1) is 0 Å². The number of nitrogens with two attached hydrogens (primary N) is 1. The summed E-state index contributed by atoms with van der Waals surface area (Å²) in [5, 5.41) is 2.56. The van der Waals surface area contributed by atoms with Crippen LogP contribution >= 0.6 is 0 Å². The van der Waals surface area contributed by atoms with Crippen LogP contribution in [0.3, 0.4) is 0 Å². The Kier molecular flexibility index (Phi) is 8.72. The van der Waals surface area contributed by atoms with Gasteiger partial charge in [0.05, 0.1) is 14.2 Å². The van der Waals surface area contributed by atoms with Gasteiger partial charge in [0.25, 0.3) is 5.91 Å². The molecule has 0 bridgehead atoms. The second-order valence-electron chi connectivity index (χ2n) is 8.17. The Morgan fingerprint density at radius 2 is 1.39 bits per heavy atom. The fourth-order valence-electron chi connectivity index (χ4n) is 3.77. The molecule has 0 fully saturated rings. The molecule has 196 valence electrons. The predicted octanol–water partition coefficient (Wildman–Crippen LogP) is 2.47. The van der Waals surface area contributed by atoms with Crippen molar-refractivity contribution in [2.45, 2.75) is 18.5 Å². The lowest BCUT2D eigenvalue weighted by Gasteiger charge is -2.26. The maximum absolute atomic E-state index is 13.7. The highest BCUT2D eigenvalue weighted by atomic mass is 16.5. The number of methoxy groups -OCH3 is 2. The second kappa shape index (κ2) is 11.9. The van der Waals surface area contributed by atoms with E-state index in [1.807, 2.05) is 0 Å². The zero-order valence-corrected chi connectivity index (χ0v) is 20.9. The molecule has 3 aromatic carbocycles. The van der Waals surface area contributed by atoms with Crippen LogP contribution in [0.1, 0.15) is 44.8 Å². The SMILES string of the molecule is COC(=O)C(NC(=O)c1cc(OC(C)=O)cc(C(=O)C(N)(C(=O)OC)c2ccccc2)c1)c1ccccc1. The summed E-state index contributed by atoms with van der Waals surface area (Å²) >= 11 is 0. The molecule has 10 heteroatoms. The minimum Gasteiger partial charge on any atom is -0.467 e. The smallest absolute Gasteiger partial charge is 0.338 e. The van der Waals surface area contributed by atoms with Gasteiger partial charge in [-0.25, -0.2) is 9.59 Å². The summed E-state index contributed by atoms with van der Waals surface area (Å²) in [6.45, 7) is 1.14. The standard InChI is InChI=1S/C28H26N2O8/c1-17(31)38-22-15-19(24(32)28(29,27(35)37-3)21-12-8-5-9-13-21)14-20(16-22)25(33)30-23(26(34)36-2)18-10-6-4-7-11-18/h4-16,23H,29H2,1-3H3,(H,30,33). The highest BCUT2D eigenvalue weighted by molar-refractivity contribution is 6.17. The Bertz CT molecular complexity index is 1360. The molecule has 3 N–H and O–H groups in total. The molecule has 0 saturated heterocycles. The minimum absolute atomic E-state index is 0.141. The lowest BCUT2D eigenvalue weighted by Crippen LogP contribution is -2.52. The van der Waals surface area contributed by atoms with Crippen molar-refractivity contribution in [1.82, 2.24) is 5.32 Å². The molecular formula is C28H26N2O8.